The van der Waals surface area contributed by atoms with Gasteiger partial charge in [0.05, 0.1) is 6.10 Å². The minimum absolute atomic E-state index is 0.0873. The molecule has 1 fully saturated rings. The maximum Gasteiger partial charge on any atom is 0.254 e. The zero-order valence-corrected chi connectivity index (χ0v) is 10.8. The summed E-state index contributed by atoms with van der Waals surface area (Å²) in [4.78, 5) is 17.7. The van der Waals surface area contributed by atoms with Gasteiger partial charge in [0.2, 0.25) is 0 Å². The van der Waals surface area contributed by atoms with Crippen molar-refractivity contribution in [3.8, 4) is 0 Å². The first-order chi connectivity index (χ1) is 8.10. The van der Waals surface area contributed by atoms with Crippen molar-refractivity contribution >= 4 is 29.1 Å². The van der Waals surface area contributed by atoms with Gasteiger partial charge in [-0.05, 0) is 18.6 Å². The third-order valence-corrected chi connectivity index (χ3v) is 3.16. The third-order valence-electron chi connectivity index (χ3n) is 2.78. The maximum absolute atomic E-state index is 12.1. The molecule has 1 aromatic heterocycles. The summed E-state index contributed by atoms with van der Waals surface area (Å²) in [5.74, 6) is -0.0873. The van der Waals surface area contributed by atoms with Gasteiger partial charge in [0.25, 0.3) is 5.91 Å². The lowest BCUT2D eigenvalue weighted by molar-refractivity contribution is 0.0724. The zero-order valence-electron chi connectivity index (χ0n) is 9.32. The largest absolute Gasteiger partial charge is 0.380 e. The molecule has 0 aliphatic carbocycles. The molecule has 0 saturated carbocycles. The van der Waals surface area contributed by atoms with E-state index >= 15 is 0 Å². The van der Waals surface area contributed by atoms with Crippen LogP contribution in [0.1, 0.15) is 16.8 Å². The molecule has 0 radical (unpaired) electrons. The monoisotopic (exact) mass is 274 g/mol. The predicted molar refractivity (Wildman–Crippen MR) is 65.6 cm³/mol. The molecule has 1 saturated heterocycles. The Labute approximate surface area is 109 Å². The minimum atomic E-state index is -0.0873. The number of pyridine rings is 1. The van der Waals surface area contributed by atoms with Crippen LogP contribution in [0, 0.1) is 0 Å². The highest BCUT2D eigenvalue weighted by Crippen LogP contribution is 2.19. The normalized spacial score (nSPS) is 19.7. The Bertz CT molecular complexity index is 419. The van der Waals surface area contributed by atoms with Gasteiger partial charge in [0, 0.05) is 25.8 Å². The van der Waals surface area contributed by atoms with Crippen LogP contribution >= 0.6 is 23.2 Å². The van der Waals surface area contributed by atoms with Crippen LogP contribution in [-0.4, -0.2) is 42.1 Å². The predicted octanol–water partition coefficient (Wildman–Crippen LogP) is 2.25. The van der Waals surface area contributed by atoms with E-state index in [0.717, 1.165) is 6.42 Å². The van der Waals surface area contributed by atoms with E-state index in [-0.39, 0.29) is 22.3 Å². The molecular weight excluding hydrogens is 263 g/mol. The molecule has 0 bridgehead atoms. The van der Waals surface area contributed by atoms with E-state index in [0.29, 0.717) is 18.7 Å². The smallest absolute Gasteiger partial charge is 0.254 e. The van der Waals surface area contributed by atoms with Gasteiger partial charge >= 0.3 is 0 Å². The lowest BCUT2D eigenvalue weighted by Crippen LogP contribution is -2.30. The highest BCUT2D eigenvalue weighted by atomic mass is 35.5. The van der Waals surface area contributed by atoms with E-state index in [9.17, 15) is 4.79 Å². The van der Waals surface area contributed by atoms with E-state index in [2.05, 4.69) is 4.98 Å². The molecule has 0 spiro atoms. The zero-order chi connectivity index (χ0) is 12.4. The van der Waals surface area contributed by atoms with Gasteiger partial charge in [-0.2, -0.15) is 0 Å². The molecule has 1 atom stereocenters. The summed E-state index contributed by atoms with van der Waals surface area (Å²) >= 11 is 11.5. The molecule has 1 aliphatic rings. The second kappa shape index (κ2) is 5.21. The first-order valence-electron chi connectivity index (χ1n) is 5.25. The van der Waals surface area contributed by atoms with E-state index < -0.39 is 0 Å². The number of likely N-dealkylation sites (tertiary alicyclic amines) is 1. The molecule has 1 aromatic rings. The first-order valence-corrected chi connectivity index (χ1v) is 6.01. The van der Waals surface area contributed by atoms with Crippen molar-refractivity contribution in [2.75, 3.05) is 20.2 Å². The number of aromatic nitrogens is 1. The maximum atomic E-state index is 12.1. The number of carbonyl (C=O) groups excluding carboxylic acids is 1. The van der Waals surface area contributed by atoms with Gasteiger partial charge < -0.3 is 9.64 Å². The summed E-state index contributed by atoms with van der Waals surface area (Å²) < 4.78 is 5.22. The average molecular weight is 275 g/mol. The van der Waals surface area contributed by atoms with Crippen LogP contribution in [0.25, 0.3) is 0 Å². The Hall–Kier alpha value is -0.840. The highest BCUT2D eigenvalue weighted by molar-refractivity contribution is 6.33. The number of rotatable bonds is 2. The molecule has 0 N–H and O–H groups in total. The van der Waals surface area contributed by atoms with E-state index in [1.165, 1.54) is 12.1 Å². The summed E-state index contributed by atoms with van der Waals surface area (Å²) in [6, 6.07) is 3.05. The molecular formula is C11H12Cl2N2O2. The number of ether oxygens (including phenoxy) is 1. The van der Waals surface area contributed by atoms with Gasteiger partial charge in [0.1, 0.15) is 10.3 Å². The van der Waals surface area contributed by atoms with Crippen LogP contribution < -0.4 is 0 Å². The van der Waals surface area contributed by atoms with Crippen molar-refractivity contribution in [2.45, 2.75) is 12.5 Å². The Morgan fingerprint density at radius 3 is 2.65 bits per heavy atom. The molecule has 0 aromatic carbocycles. The number of nitrogens with zero attached hydrogens (tertiary/aromatic N) is 2. The molecule has 1 aliphatic heterocycles. The first kappa shape index (κ1) is 12.6. The number of methoxy groups -OCH3 is 1. The van der Waals surface area contributed by atoms with Crippen LogP contribution in [0.15, 0.2) is 12.1 Å². The Morgan fingerprint density at radius 1 is 1.47 bits per heavy atom. The van der Waals surface area contributed by atoms with Crippen molar-refractivity contribution in [1.29, 1.82) is 0 Å². The van der Waals surface area contributed by atoms with Gasteiger partial charge in [-0.15, -0.1) is 0 Å². The van der Waals surface area contributed by atoms with Crippen LogP contribution in [0.3, 0.4) is 0 Å². The van der Waals surface area contributed by atoms with Gasteiger partial charge in [-0.25, -0.2) is 4.98 Å². The second-order valence-corrected chi connectivity index (χ2v) is 4.67. The van der Waals surface area contributed by atoms with Crippen molar-refractivity contribution in [3.05, 3.63) is 28.0 Å². The van der Waals surface area contributed by atoms with Gasteiger partial charge in [-0.3, -0.25) is 4.79 Å². The van der Waals surface area contributed by atoms with Crippen LogP contribution in [0.4, 0.5) is 0 Å². The number of hydrogen-bond donors (Lipinski definition) is 0. The van der Waals surface area contributed by atoms with Crippen molar-refractivity contribution in [3.63, 3.8) is 0 Å². The molecule has 17 heavy (non-hydrogen) atoms. The fraction of sp³-hybridized carbons (Fsp3) is 0.455. The summed E-state index contributed by atoms with van der Waals surface area (Å²) in [6.07, 6.45) is 0.973. The Morgan fingerprint density at radius 2 is 2.12 bits per heavy atom. The third kappa shape index (κ3) is 2.89. The van der Waals surface area contributed by atoms with Crippen molar-refractivity contribution in [1.82, 2.24) is 9.88 Å². The van der Waals surface area contributed by atoms with Crippen molar-refractivity contribution < 1.29 is 9.53 Å². The molecule has 1 amide bonds. The summed E-state index contributed by atoms with van der Waals surface area (Å²) in [5, 5.41) is 0.451. The SMILES string of the molecule is COC1CCN(C(=O)c2cc(Cl)nc(Cl)c2)C1. The summed E-state index contributed by atoms with van der Waals surface area (Å²) in [6.45, 7) is 1.29. The van der Waals surface area contributed by atoms with Crippen LogP contribution in [-0.2, 0) is 4.74 Å². The highest BCUT2D eigenvalue weighted by Gasteiger charge is 2.27. The minimum Gasteiger partial charge on any atom is -0.380 e. The number of carbonyl (C=O) groups is 1. The average Bonchev–Trinajstić information content (AvgIpc) is 2.75. The van der Waals surface area contributed by atoms with E-state index in [4.69, 9.17) is 27.9 Å². The second-order valence-electron chi connectivity index (χ2n) is 3.90. The molecule has 2 heterocycles. The standard InChI is InChI=1S/C11H12Cl2N2O2/c1-17-8-2-3-15(6-8)11(16)7-4-9(12)14-10(13)5-7/h4-5,8H,2-3,6H2,1H3. The molecule has 4 nitrogen and oxygen atoms in total. The molecule has 2 rings (SSSR count). The van der Waals surface area contributed by atoms with Crippen molar-refractivity contribution in [2.24, 2.45) is 0 Å². The number of hydrogen-bond acceptors (Lipinski definition) is 3. The van der Waals surface area contributed by atoms with Gasteiger partial charge in [-0.1, -0.05) is 23.2 Å². The Balaban J connectivity index is 2.14. The molecule has 92 valence electrons. The summed E-state index contributed by atoms with van der Waals surface area (Å²) in [7, 11) is 1.65. The van der Waals surface area contributed by atoms with Crippen LogP contribution in [0.5, 0.6) is 0 Å². The van der Waals surface area contributed by atoms with E-state index in [1.54, 1.807) is 12.0 Å². The fourth-order valence-electron chi connectivity index (χ4n) is 1.88. The van der Waals surface area contributed by atoms with Gasteiger partial charge in [0.15, 0.2) is 0 Å². The lowest BCUT2D eigenvalue weighted by atomic mass is 10.2. The fourth-order valence-corrected chi connectivity index (χ4v) is 2.34. The summed E-state index contributed by atoms with van der Waals surface area (Å²) in [5.41, 5.74) is 0.465. The molecule has 1 unspecified atom stereocenters. The Kier molecular flexibility index (Phi) is 3.86. The molecule has 6 heteroatoms. The van der Waals surface area contributed by atoms with E-state index in [1.807, 2.05) is 0 Å². The number of halogens is 2. The van der Waals surface area contributed by atoms with Crippen LogP contribution in [0.2, 0.25) is 10.3 Å². The lowest BCUT2D eigenvalue weighted by Gasteiger charge is -2.16. The topological polar surface area (TPSA) is 42.4 Å². The quantitative estimate of drug-likeness (QED) is 0.777. The number of amides is 1.